The van der Waals surface area contributed by atoms with Crippen LogP contribution in [0.25, 0.3) is 0 Å². The summed E-state index contributed by atoms with van der Waals surface area (Å²) >= 11 is 4.88. The number of thiocarbonyl (C=S) groups is 1. The minimum Gasteiger partial charge on any atom is -0.393 e. The second-order valence-corrected chi connectivity index (χ2v) is 5.13. The van der Waals surface area contributed by atoms with Gasteiger partial charge in [0.25, 0.3) is 0 Å². The maximum absolute atomic E-state index is 12.3. The number of carbonyl (C=O) groups excluding carboxylic acids is 1. The van der Waals surface area contributed by atoms with Crippen molar-refractivity contribution in [1.82, 2.24) is 4.90 Å². The van der Waals surface area contributed by atoms with Crippen molar-refractivity contribution >= 4 is 23.1 Å². The average Bonchev–Trinajstić information content (AvgIpc) is 2.36. The van der Waals surface area contributed by atoms with E-state index in [1.165, 1.54) is 0 Å². The van der Waals surface area contributed by atoms with Crippen molar-refractivity contribution in [2.75, 3.05) is 7.05 Å². The first-order chi connectivity index (χ1) is 8.43. The van der Waals surface area contributed by atoms with Gasteiger partial charge in [-0.05, 0) is 19.4 Å². The van der Waals surface area contributed by atoms with E-state index >= 15 is 0 Å². The van der Waals surface area contributed by atoms with Crippen molar-refractivity contribution < 1.29 is 4.79 Å². The molecule has 0 spiro atoms. The maximum Gasteiger partial charge on any atom is 0.229 e. The largest absolute Gasteiger partial charge is 0.393 e. The lowest BCUT2D eigenvalue weighted by Crippen LogP contribution is -2.39. The molecule has 2 atom stereocenters. The number of carbonyl (C=O) groups is 1. The van der Waals surface area contributed by atoms with E-state index in [1.54, 1.807) is 11.9 Å². The van der Waals surface area contributed by atoms with Gasteiger partial charge in [-0.3, -0.25) is 4.79 Å². The molecule has 0 aromatic heterocycles. The van der Waals surface area contributed by atoms with Crippen molar-refractivity contribution in [2.24, 2.45) is 5.73 Å². The van der Waals surface area contributed by atoms with Crippen LogP contribution in [0.4, 0.5) is 0 Å². The molecule has 0 aliphatic rings. The summed E-state index contributed by atoms with van der Waals surface area (Å²) in [5.74, 6) is -0.0602. The van der Waals surface area contributed by atoms with Crippen molar-refractivity contribution in [3.63, 3.8) is 0 Å². The lowest BCUT2D eigenvalue weighted by Gasteiger charge is -2.27. The highest BCUT2D eigenvalue weighted by atomic mass is 32.1. The van der Waals surface area contributed by atoms with Crippen molar-refractivity contribution in [1.29, 1.82) is 0 Å². The Labute approximate surface area is 114 Å². The highest BCUT2D eigenvalue weighted by Crippen LogP contribution is 2.18. The Morgan fingerprint density at radius 1 is 1.33 bits per heavy atom. The van der Waals surface area contributed by atoms with Gasteiger partial charge in [0.15, 0.2) is 0 Å². The summed E-state index contributed by atoms with van der Waals surface area (Å²) in [7, 11) is 1.80. The molecule has 0 saturated carbocycles. The molecule has 0 fully saturated rings. The SMILES string of the molecule is CC(C(=O)N(C)C(C)CC(N)=S)c1ccccc1. The number of benzene rings is 1. The van der Waals surface area contributed by atoms with Gasteiger partial charge in [-0.2, -0.15) is 0 Å². The molecule has 4 heteroatoms. The predicted octanol–water partition coefficient (Wildman–Crippen LogP) is 2.31. The molecular weight excluding hydrogens is 244 g/mol. The third-order valence-corrected chi connectivity index (χ3v) is 3.34. The van der Waals surface area contributed by atoms with Crippen LogP contribution in [0.1, 0.15) is 31.7 Å². The summed E-state index contributed by atoms with van der Waals surface area (Å²) in [6.07, 6.45) is 0.555. The van der Waals surface area contributed by atoms with E-state index in [4.69, 9.17) is 18.0 Å². The molecule has 0 aliphatic carbocycles. The summed E-state index contributed by atoms with van der Waals surface area (Å²) in [5, 5.41) is 0. The summed E-state index contributed by atoms with van der Waals surface area (Å²) < 4.78 is 0. The standard InChI is InChI=1S/C14H20N2OS/c1-10(9-13(15)18)16(3)14(17)11(2)12-7-5-4-6-8-12/h4-8,10-11H,9H2,1-3H3,(H2,15,18). The summed E-state index contributed by atoms with van der Waals surface area (Å²) in [6.45, 7) is 3.87. The fraction of sp³-hybridized carbons (Fsp3) is 0.429. The molecule has 2 unspecified atom stereocenters. The third-order valence-electron chi connectivity index (χ3n) is 3.18. The van der Waals surface area contributed by atoms with Gasteiger partial charge in [-0.1, -0.05) is 42.5 Å². The van der Waals surface area contributed by atoms with Crippen LogP contribution in [0.15, 0.2) is 30.3 Å². The Morgan fingerprint density at radius 3 is 2.39 bits per heavy atom. The molecule has 0 aliphatic heterocycles. The second kappa shape index (κ2) is 6.50. The van der Waals surface area contributed by atoms with Gasteiger partial charge in [0.2, 0.25) is 5.91 Å². The van der Waals surface area contributed by atoms with Gasteiger partial charge >= 0.3 is 0 Å². The molecule has 0 radical (unpaired) electrons. The van der Waals surface area contributed by atoms with Gasteiger partial charge in [0, 0.05) is 19.5 Å². The van der Waals surface area contributed by atoms with E-state index in [1.807, 2.05) is 44.2 Å². The Kier molecular flexibility index (Phi) is 5.28. The number of likely N-dealkylation sites (N-methyl/N-ethyl adjacent to an activating group) is 1. The van der Waals surface area contributed by atoms with Crippen LogP contribution in [-0.4, -0.2) is 28.9 Å². The molecule has 1 rings (SSSR count). The molecule has 0 bridgehead atoms. The molecule has 0 saturated heterocycles. The van der Waals surface area contributed by atoms with E-state index in [2.05, 4.69) is 0 Å². The Balaban J connectivity index is 2.72. The normalized spacial score (nSPS) is 13.7. The fourth-order valence-electron chi connectivity index (χ4n) is 1.84. The minimum absolute atomic E-state index is 0.0289. The van der Waals surface area contributed by atoms with E-state index in [0.717, 1.165) is 5.56 Å². The maximum atomic E-state index is 12.3. The van der Waals surface area contributed by atoms with Gasteiger partial charge in [0.1, 0.15) is 0 Å². The molecule has 1 aromatic rings. The van der Waals surface area contributed by atoms with Gasteiger partial charge in [-0.25, -0.2) is 0 Å². The summed E-state index contributed by atoms with van der Waals surface area (Å²) in [5.41, 5.74) is 6.54. The van der Waals surface area contributed by atoms with Gasteiger partial charge in [-0.15, -0.1) is 0 Å². The van der Waals surface area contributed by atoms with Crippen molar-refractivity contribution in [3.8, 4) is 0 Å². The molecule has 18 heavy (non-hydrogen) atoms. The third kappa shape index (κ3) is 3.81. The quantitative estimate of drug-likeness (QED) is 0.830. The fourth-order valence-corrected chi connectivity index (χ4v) is 2.08. The lowest BCUT2D eigenvalue weighted by atomic mass is 9.99. The summed E-state index contributed by atoms with van der Waals surface area (Å²) in [6, 6.07) is 9.79. The predicted molar refractivity (Wildman–Crippen MR) is 78.5 cm³/mol. The summed E-state index contributed by atoms with van der Waals surface area (Å²) in [4.78, 5) is 14.5. The van der Waals surface area contributed by atoms with Crippen LogP contribution in [0, 0.1) is 0 Å². The van der Waals surface area contributed by atoms with Crippen molar-refractivity contribution in [2.45, 2.75) is 32.2 Å². The van der Waals surface area contributed by atoms with Gasteiger partial charge in [0.05, 0.1) is 10.9 Å². The Morgan fingerprint density at radius 2 is 1.89 bits per heavy atom. The molecule has 98 valence electrons. The monoisotopic (exact) mass is 264 g/mol. The van der Waals surface area contributed by atoms with Crippen LogP contribution in [0.5, 0.6) is 0 Å². The first-order valence-electron chi connectivity index (χ1n) is 6.03. The zero-order chi connectivity index (χ0) is 13.7. The Hall–Kier alpha value is -1.42. The minimum atomic E-state index is -0.148. The van der Waals surface area contributed by atoms with E-state index in [0.29, 0.717) is 11.4 Å². The second-order valence-electron chi connectivity index (χ2n) is 4.60. The molecular formula is C14H20N2OS. The first-order valence-corrected chi connectivity index (χ1v) is 6.44. The van der Waals surface area contributed by atoms with Gasteiger partial charge < -0.3 is 10.6 Å². The van der Waals surface area contributed by atoms with E-state index < -0.39 is 0 Å². The topological polar surface area (TPSA) is 46.3 Å². The number of hydrogen-bond donors (Lipinski definition) is 1. The average molecular weight is 264 g/mol. The first kappa shape index (κ1) is 14.6. The zero-order valence-electron chi connectivity index (χ0n) is 11.1. The van der Waals surface area contributed by atoms with Crippen LogP contribution >= 0.6 is 12.2 Å². The number of hydrogen-bond acceptors (Lipinski definition) is 2. The van der Waals surface area contributed by atoms with Crippen molar-refractivity contribution in [3.05, 3.63) is 35.9 Å². The number of amides is 1. The van der Waals surface area contributed by atoms with E-state index in [9.17, 15) is 4.79 Å². The van der Waals surface area contributed by atoms with Crippen LogP contribution in [0.2, 0.25) is 0 Å². The lowest BCUT2D eigenvalue weighted by molar-refractivity contribution is -0.132. The number of nitrogens with zero attached hydrogens (tertiary/aromatic N) is 1. The van der Waals surface area contributed by atoms with Crippen LogP contribution in [-0.2, 0) is 4.79 Å². The molecule has 3 nitrogen and oxygen atoms in total. The van der Waals surface area contributed by atoms with E-state index in [-0.39, 0.29) is 17.9 Å². The Bertz CT molecular complexity index is 419. The molecule has 1 aromatic carbocycles. The number of nitrogens with two attached hydrogens (primary N) is 1. The number of rotatable bonds is 5. The zero-order valence-corrected chi connectivity index (χ0v) is 11.9. The smallest absolute Gasteiger partial charge is 0.229 e. The van der Waals surface area contributed by atoms with Crippen LogP contribution in [0.3, 0.4) is 0 Å². The molecule has 0 heterocycles. The molecule has 2 N–H and O–H groups in total. The van der Waals surface area contributed by atoms with Crippen LogP contribution < -0.4 is 5.73 Å². The highest BCUT2D eigenvalue weighted by molar-refractivity contribution is 7.80. The molecule has 1 amide bonds. The highest BCUT2D eigenvalue weighted by Gasteiger charge is 2.22.